The minimum Gasteiger partial charge on any atom is -0.477 e. The van der Waals surface area contributed by atoms with Gasteiger partial charge in [0.25, 0.3) is 5.79 Å². The van der Waals surface area contributed by atoms with E-state index in [4.69, 9.17) is 18.9 Å². The Balaban J connectivity index is 2.04. The monoisotopic (exact) mass is 1140 g/mol. The molecule has 21 heteroatoms. The zero-order chi connectivity index (χ0) is 58.6. The Bertz CT molecular complexity index is 1570. The van der Waals surface area contributed by atoms with Crippen molar-refractivity contribution in [2.45, 2.75) is 318 Å². The minimum atomic E-state index is -2.89. The van der Waals surface area contributed by atoms with Crippen LogP contribution in [-0.2, 0) is 33.3 Å². The molecule has 466 valence electrons. The second-order valence-electron chi connectivity index (χ2n) is 23.1. The molecule has 0 aromatic heterocycles. The Labute approximate surface area is 471 Å². The predicted octanol–water partition coefficient (Wildman–Crippen LogP) is 4.29. The summed E-state index contributed by atoms with van der Waals surface area (Å²) < 4.78 is 22.8. The molecule has 0 radical (unpaired) electrons. The van der Waals surface area contributed by atoms with Gasteiger partial charge in [0.1, 0.15) is 61.5 Å². The molecule has 0 bridgehead atoms. The number of aliphatic carboxylic acids is 1. The molecule has 14 N–H and O–H groups in total. The van der Waals surface area contributed by atoms with Gasteiger partial charge in [-0.2, -0.15) is 0 Å². The molecule has 0 saturated carbocycles. The van der Waals surface area contributed by atoms with Crippen LogP contribution >= 0.6 is 0 Å². The highest BCUT2D eigenvalue weighted by Crippen LogP contribution is 2.35. The molecular formula is C58H110N2O19. The van der Waals surface area contributed by atoms with Gasteiger partial charge in [0.2, 0.25) is 11.8 Å². The maximum Gasteiger partial charge on any atom is 0.364 e. The topological polar surface area (TPSA) is 355 Å². The predicted molar refractivity (Wildman–Crippen MR) is 296 cm³/mol. The number of ether oxygens (including phenoxy) is 4. The molecule has 2 aliphatic rings. The summed E-state index contributed by atoms with van der Waals surface area (Å²) in [7, 11) is 0. The Morgan fingerprint density at radius 1 is 0.620 bits per heavy atom. The number of carboxylic acid groups (broad SMARTS) is 1. The molecule has 15 atom stereocenters. The summed E-state index contributed by atoms with van der Waals surface area (Å²) in [5, 5.41) is 132. The minimum absolute atomic E-state index is 0.142. The van der Waals surface area contributed by atoms with E-state index in [2.05, 4.69) is 31.4 Å². The SMILES string of the molecule is CCCCCCCCCCCCCCCCCCCCC(O)C(=O)NC(COC1OC(COC2(C(=O)O)CC(O)C(NC(=O)CO)C(C(O)C(O)CO)O2)C(O)C(O)C1O)C(O)C(O)CCCCCCCCCCCCC(C)C. The van der Waals surface area contributed by atoms with Crippen molar-refractivity contribution in [1.29, 1.82) is 0 Å². The molecule has 0 aliphatic carbocycles. The maximum absolute atomic E-state index is 13.5. The summed E-state index contributed by atoms with van der Waals surface area (Å²) in [5.41, 5.74) is 0. The lowest BCUT2D eigenvalue weighted by molar-refractivity contribution is -0.339. The fraction of sp³-hybridized carbons (Fsp3) is 0.948. The molecule has 2 saturated heterocycles. The van der Waals surface area contributed by atoms with Crippen LogP contribution in [0.5, 0.6) is 0 Å². The summed E-state index contributed by atoms with van der Waals surface area (Å²) in [6.45, 7) is 2.98. The van der Waals surface area contributed by atoms with Gasteiger partial charge in [0.15, 0.2) is 6.29 Å². The third-order valence-corrected chi connectivity index (χ3v) is 15.7. The third kappa shape index (κ3) is 28.8. The summed E-state index contributed by atoms with van der Waals surface area (Å²) in [6, 6.07) is -3.03. The second kappa shape index (κ2) is 42.6. The molecule has 21 nitrogen and oxygen atoms in total. The van der Waals surface area contributed by atoms with Gasteiger partial charge < -0.3 is 90.9 Å². The van der Waals surface area contributed by atoms with E-state index in [1.807, 2.05) is 0 Å². The largest absolute Gasteiger partial charge is 0.477 e. The fourth-order valence-corrected chi connectivity index (χ4v) is 10.5. The third-order valence-electron chi connectivity index (χ3n) is 15.7. The highest BCUT2D eigenvalue weighted by Gasteiger charge is 2.57. The van der Waals surface area contributed by atoms with Crippen LogP contribution in [0.4, 0.5) is 0 Å². The number of amides is 2. The van der Waals surface area contributed by atoms with Crippen molar-refractivity contribution in [3.63, 3.8) is 0 Å². The van der Waals surface area contributed by atoms with Gasteiger partial charge in [-0.05, 0) is 18.8 Å². The number of hydrogen-bond donors (Lipinski definition) is 14. The fourth-order valence-electron chi connectivity index (χ4n) is 10.5. The van der Waals surface area contributed by atoms with Crippen molar-refractivity contribution in [2.24, 2.45) is 5.92 Å². The van der Waals surface area contributed by atoms with Crippen LogP contribution in [0.15, 0.2) is 0 Å². The van der Waals surface area contributed by atoms with Crippen molar-refractivity contribution in [2.75, 3.05) is 26.4 Å². The first kappa shape index (κ1) is 72.9. The number of unbranched alkanes of at least 4 members (excludes halogenated alkanes) is 26. The molecule has 2 fully saturated rings. The van der Waals surface area contributed by atoms with E-state index < -0.39 is 142 Å². The molecule has 79 heavy (non-hydrogen) atoms. The lowest BCUT2D eigenvalue weighted by atomic mass is 9.88. The maximum atomic E-state index is 13.5. The van der Waals surface area contributed by atoms with E-state index in [1.165, 1.54) is 122 Å². The Morgan fingerprint density at radius 3 is 1.54 bits per heavy atom. The highest BCUT2D eigenvalue weighted by atomic mass is 16.7. The van der Waals surface area contributed by atoms with Crippen LogP contribution in [0.25, 0.3) is 0 Å². The molecule has 2 heterocycles. The zero-order valence-corrected chi connectivity index (χ0v) is 48.3. The number of carbonyl (C=O) groups excluding carboxylic acids is 2. The average Bonchev–Trinajstić information content (AvgIpc) is 3.47. The lowest BCUT2D eigenvalue weighted by Crippen LogP contribution is -2.68. The van der Waals surface area contributed by atoms with E-state index in [-0.39, 0.29) is 12.8 Å². The number of aliphatic hydroxyl groups is 11. The van der Waals surface area contributed by atoms with Crippen molar-refractivity contribution < 1.29 is 94.6 Å². The molecular weight excluding hydrogens is 1030 g/mol. The van der Waals surface area contributed by atoms with E-state index >= 15 is 0 Å². The molecule has 2 aliphatic heterocycles. The molecule has 2 amide bonds. The second-order valence-corrected chi connectivity index (χ2v) is 23.1. The molecule has 0 spiro atoms. The number of rotatable bonds is 48. The van der Waals surface area contributed by atoms with E-state index in [0.29, 0.717) is 12.8 Å². The van der Waals surface area contributed by atoms with Crippen molar-refractivity contribution >= 4 is 17.8 Å². The first-order valence-electron chi connectivity index (χ1n) is 30.6. The van der Waals surface area contributed by atoms with Crippen molar-refractivity contribution in [3.05, 3.63) is 0 Å². The van der Waals surface area contributed by atoms with Gasteiger partial charge in [-0.15, -0.1) is 0 Å². The Morgan fingerprint density at radius 2 is 1.09 bits per heavy atom. The van der Waals surface area contributed by atoms with E-state index in [1.54, 1.807) is 0 Å². The van der Waals surface area contributed by atoms with Gasteiger partial charge >= 0.3 is 5.97 Å². The van der Waals surface area contributed by atoms with E-state index in [0.717, 1.165) is 57.3 Å². The summed E-state index contributed by atoms with van der Waals surface area (Å²) in [5.74, 6) is -5.95. The Kier molecular flexibility index (Phi) is 39.3. The highest BCUT2D eigenvalue weighted by molar-refractivity contribution is 5.80. The van der Waals surface area contributed by atoms with Crippen LogP contribution in [0.1, 0.15) is 226 Å². The summed E-state index contributed by atoms with van der Waals surface area (Å²) >= 11 is 0. The zero-order valence-electron chi connectivity index (χ0n) is 48.3. The molecule has 2 rings (SSSR count). The lowest BCUT2D eigenvalue weighted by Gasteiger charge is -2.47. The van der Waals surface area contributed by atoms with Crippen LogP contribution in [0.2, 0.25) is 0 Å². The number of carbonyl (C=O) groups is 3. The summed E-state index contributed by atoms with van der Waals surface area (Å²) in [4.78, 5) is 38.3. The number of carboxylic acids is 1. The summed E-state index contributed by atoms with van der Waals surface area (Å²) in [6.07, 6.45) is 10.8. The van der Waals surface area contributed by atoms with Gasteiger partial charge in [0, 0.05) is 6.42 Å². The van der Waals surface area contributed by atoms with Gasteiger partial charge in [-0.3, -0.25) is 9.59 Å². The number of aliphatic hydroxyl groups excluding tert-OH is 11. The smallest absolute Gasteiger partial charge is 0.364 e. The van der Waals surface area contributed by atoms with Crippen LogP contribution < -0.4 is 10.6 Å². The van der Waals surface area contributed by atoms with Crippen LogP contribution in [0.3, 0.4) is 0 Å². The van der Waals surface area contributed by atoms with Crippen molar-refractivity contribution in [3.8, 4) is 0 Å². The normalized spacial score (nSPS) is 25.9. The van der Waals surface area contributed by atoms with Gasteiger partial charge in [-0.25, -0.2) is 4.79 Å². The number of nitrogens with one attached hydrogen (secondary N) is 2. The standard InChI is InChI=1S/C58H110N2O19/c1-4-5-6-7-8-9-10-11-12-13-14-15-16-17-22-25-28-31-34-43(64)55(73)59-41(49(68)42(63)33-30-27-24-21-19-18-20-23-26-29-32-40(2)3)38-76-56-53(72)52(71)51(70)46(78-56)39-77-58(57(74)75)35-44(65)48(60-47(67)37-62)54(79-58)50(69)45(66)36-61/h40-46,48-54,56,61-66,68-72H,4-39H2,1-3H3,(H,59,73)(H,60,67)(H,74,75). The van der Waals surface area contributed by atoms with Gasteiger partial charge in [-0.1, -0.05) is 207 Å². The molecule has 0 aromatic carbocycles. The van der Waals surface area contributed by atoms with Gasteiger partial charge in [0.05, 0.1) is 44.1 Å². The molecule has 0 aromatic rings. The quantitative estimate of drug-likeness (QED) is 0.0378. The van der Waals surface area contributed by atoms with Crippen LogP contribution in [0, 0.1) is 5.92 Å². The first-order chi connectivity index (χ1) is 37.8. The number of hydrogen-bond acceptors (Lipinski definition) is 18. The van der Waals surface area contributed by atoms with Crippen molar-refractivity contribution in [1.82, 2.24) is 10.6 Å². The Hall–Kier alpha value is -2.19. The first-order valence-corrected chi connectivity index (χ1v) is 30.6. The average molecular weight is 1140 g/mol. The van der Waals surface area contributed by atoms with E-state index in [9.17, 15) is 75.7 Å². The van der Waals surface area contributed by atoms with Crippen LogP contribution in [-0.4, -0.2) is 197 Å². The molecule has 15 unspecified atom stereocenters.